The number of hydrogen-bond acceptors (Lipinski definition) is 3. The van der Waals surface area contributed by atoms with E-state index in [1.165, 1.54) is 0 Å². The Labute approximate surface area is 82.4 Å². The van der Waals surface area contributed by atoms with Crippen LogP contribution in [0.4, 0.5) is 0 Å². The summed E-state index contributed by atoms with van der Waals surface area (Å²) in [5.74, 6) is 3.34. The molecule has 2 aromatic rings. The van der Waals surface area contributed by atoms with Crippen molar-refractivity contribution in [3.05, 3.63) is 22.9 Å². The molecule has 0 fully saturated rings. The molecule has 4 heteroatoms. The van der Waals surface area contributed by atoms with E-state index in [1.807, 2.05) is 27.7 Å². The van der Waals surface area contributed by atoms with Crippen molar-refractivity contribution >= 4 is 0 Å². The second-order valence-corrected chi connectivity index (χ2v) is 3.46. The van der Waals surface area contributed by atoms with E-state index in [1.54, 1.807) is 0 Å². The Kier molecular flexibility index (Phi) is 1.91. The van der Waals surface area contributed by atoms with Crippen molar-refractivity contribution in [3.8, 4) is 11.4 Å². The van der Waals surface area contributed by atoms with Crippen molar-refractivity contribution in [2.75, 3.05) is 0 Å². The summed E-state index contributed by atoms with van der Waals surface area (Å²) in [5.41, 5.74) is 2.12. The molecule has 0 radical (unpaired) electrons. The third kappa shape index (κ3) is 1.23. The highest BCUT2D eigenvalue weighted by Crippen LogP contribution is 2.28. The van der Waals surface area contributed by atoms with Crippen LogP contribution in [0.15, 0.2) is 4.42 Å². The molecular weight excluding hydrogens is 178 g/mol. The van der Waals surface area contributed by atoms with E-state index in [-0.39, 0.29) is 0 Å². The van der Waals surface area contributed by atoms with E-state index in [4.69, 9.17) is 4.42 Å². The summed E-state index contributed by atoms with van der Waals surface area (Å²) in [5, 5.41) is 6.95. The summed E-state index contributed by atoms with van der Waals surface area (Å²) in [6.45, 7) is 7.79. The van der Waals surface area contributed by atoms with Crippen LogP contribution in [-0.2, 0) is 0 Å². The quantitative estimate of drug-likeness (QED) is 0.752. The first-order valence-electron chi connectivity index (χ1n) is 4.55. The normalized spacial score (nSPS) is 10.9. The average Bonchev–Trinajstić information content (AvgIpc) is 2.60. The molecule has 0 aliphatic rings. The van der Waals surface area contributed by atoms with E-state index >= 15 is 0 Å². The number of nitrogens with zero attached hydrogens (tertiary/aromatic N) is 2. The predicted molar refractivity (Wildman–Crippen MR) is 53.0 cm³/mol. The maximum absolute atomic E-state index is 5.52. The summed E-state index contributed by atoms with van der Waals surface area (Å²) in [6.07, 6.45) is 0. The van der Waals surface area contributed by atoms with E-state index in [2.05, 4.69) is 15.2 Å². The summed E-state index contributed by atoms with van der Waals surface area (Å²) in [6, 6.07) is 0. The van der Waals surface area contributed by atoms with Crippen molar-refractivity contribution in [1.29, 1.82) is 0 Å². The van der Waals surface area contributed by atoms with Crippen molar-refractivity contribution in [2.24, 2.45) is 0 Å². The minimum absolute atomic E-state index is 0.717. The van der Waals surface area contributed by atoms with Gasteiger partial charge in [0.1, 0.15) is 17.3 Å². The first-order valence-corrected chi connectivity index (χ1v) is 4.55. The molecule has 2 aromatic heterocycles. The molecule has 2 heterocycles. The Hall–Kier alpha value is -1.58. The highest BCUT2D eigenvalue weighted by Gasteiger charge is 2.16. The molecular formula is C10H13N3O. The van der Waals surface area contributed by atoms with Crippen LogP contribution in [0.3, 0.4) is 0 Å². The smallest absolute Gasteiger partial charge is 0.184 e. The molecule has 0 atom stereocenters. The number of hydrogen-bond donors (Lipinski definition) is 1. The molecule has 74 valence electrons. The van der Waals surface area contributed by atoms with Crippen LogP contribution in [-0.4, -0.2) is 15.2 Å². The van der Waals surface area contributed by atoms with E-state index in [0.717, 1.165) is 28.5 Å². The Morgan fingerprint density at radius 1 is 1.07 bits per heavy atom. The topological polar surface area (TPSA) is 54.7 Å². The van der Waals surface area contributed by atoms with Gasteiger partial charge < -0.3 is 4.42 Å². The lowest BCUT2D eigenvalue weighted by Crippen LogP contribution is -1.84. The van der Waals surface area contributed by atoms with Crippen molar-refractivity contribution < 1.29 is 4.42 Å². The fourth-order valence-corrected chi connectivity index (χ4v) is 1.58. The number of nitrogens with one attached hydrogen (secondary N) is 1. The summed E-state index contributed by atoms with van der Waals surface area (Å²) in [4.78, 5) is 4.29. The molecule has 1 N–H and O–H groups in total. The lowest BCUT2D eigenvalue weighted by atomic mass is 10.1. The third-order valence-electron chi connectivity index (χ3n) is 2.38. The van der Waals surface area contributed by atoms with Gasteiger partial charge in [-0.3, -0.25) is 5.10 Å². The number of furan rings is 1. The zero-order chi connectivity index (χ0) is 10.3. The van der Waals surface area contributed by atoms with Crippen LogP contribution in [0.2, 0.25) is 0 Å². The Balaban J connectivity index is 2.61. The first-order chi connectivity index (χ1) is 6.59. The van der Waals surface area contributed by atoms with Gasteiger partial charge in [0.2, 0.25) is 0 Å². The standard InChI is InChI=1S/C10H13N3O/c1-5-6(2)14-7(3)9(5)10-11-8(4)12-13-10/h1-4H3,(H,11,12,13). The van der Waals surface area contributed by atoms with Gasteiger partial charge in [-0.25, -0.2) is 4.98 Å². The van der Waals surface area contributed by atoms with Crippen LogP contribution in [0.5, 0.6) is 0 Å². The van der Waals surface area contributed by atoms with E-state index in [9.17, 15) is 0 Å². The SMILES string of the molecule is Cc1nc(-c2c(C)oc(C)c2C)n[nH]1. The van der Waals surface area contributed by atoms with Gasteiger partial charge in [0.05, 0.1) is 5.56 Å². The molecule has 14 heavy (non-hydrogen) atoms. The largest absolute Gasteiger partial charge is 0.466 e. The third-order valence-corrected chi connectivity index (χ3v) is 2.38. The lowest BCUT2D eigenvalue weighted by Gasteiger charge is -1.92. The highest BCUT2D eigenvalue weighted by atomic mass is 16.3. The van der Waals surface area contributed by atoms with Gasteiger partial charge in [-0.1, -0.05) is 0 Å². The van der Waals surface area contributed by atoms with Crippen molar-refractivity contribution in [3.63, 3.8) is 0 Å². The monoisotopic (exact) mass is 191 g/mol. The van der Waals surface area contributed by atoms with Gasteiger partial charge in [-0.05, 0) is 27.7 Å². The molecule has 0 saturated carbocycles. The summed E-state index contributed by atoms with van der Waals surface area (Å²) < 4.78 is 5.52. The maximum atomic E-state index is 5.52. The predicted octanol–water partition coefficient (Wildman–Crippen LogP) is 2.30. The average molecular weight is 191 g/mol. The molecule has 0 aliphatic carbocycles. The first kappa shape index (κ1) is 8.99. The van der Waals surface area contributed by atoms with Gasteiger partial charge in [-0.15, -0.1) is 0 Å². The Morgan fingerprint density at radius 2 is 1.79 bits per heavy atom. The lowest BCUT2D eigenvalue weighted by molar-refractivity contribution is 0.503. The van der Waals surface area contributed by atoms with Crippen LogP contribution < -0.4 is 0 Å². The summed E-state index contributed by atoms with van der Waals surface area (Å²) in [7, 11) is 0. The van der Waals surface area contributed by atoms with Gasteiger partial charge in [0.25, 0.3) is 0 Å². The second kappa shape index (κ2) is 2.97. The fraction of sp³-hybridized carbons (Fsp3) is 0.400. The molecule has 0 aliphatic heterocycles. The van der Waals surface area contributed by atoms with Gasteiger partial charge in [0.15, 0.2) is 5.82 Å². The molecule has 4 nitrogen and oxygen atoms in total. The molecule has 2 rings (SSSR count). The fourth-order valence-electron chi connectivity index (χ4n) is 1.58. The molecule has 0 bridgehead atoms. The summed E-state index contributed by atoms with van der Waals surface area (Å²) >= 11 is 0. The van der Waals surface area contributed by atoms with Gasteiger partial charge in [0, 0.05) is 5.56 Å². The Bertz CT molecular complexity index is 468. The van der Waals surface area contributed by atoms with E-state index < -0.39 is 0 Å². The molecule has 0 saturated heterocycles. The molecule has 0 aromatic carbocycles. The highest BCUT2D eigenvalue weighted by molar-refractivity contribution is 5.63. The number of aromatic nitrogens is 3. The van der Waals surface area contributed by atoms with Crippen LogP contribution in [0.1, 0.15) is 22.9 Å². The molecule has 0 amide bonds. The number of H-pyrrole nitrogens is 1. The van der Waals surface area contributed by atoms with Gasteiger partial charge >= 0.3 is 0 Å². The minimum atomic E-state index is 0.717. The van der Waals surface area contributed by atoms with Crippen molar-refractivity contribution in [2.45, 2.75) is 27.7 Å². The number of rotatable bonds is 1. The van der Waals surface area contributed by atoms with Crippen molar-refractivity contribution in [1.82, 2.24) is 15.2 Å². The zero-order valence-electron chi connectivity index (χ0n) is 8.80. The molecule has 0 unspecified atom stereocenters. The Morgan fingerprint density at radius 3 is 2.21 bits per heavy atom. The minimum Gasteiger partial charge on any atom is -0.466 e. The zero-order valence-corrected chi connectivity index (χ0v) is 8.80. The number of aryl methyl sites for hydroxylation is 3. The van der Waals surface area contributed by atoms with Crippen LogP contribution in [0.25, 0.3) is 11.4 Å². The molecule has 0 spiro atoms. The van der Waals surface area contributed by atoms with Crippen LogP contribution >= 0.6 is 0 Å². The second-order valence-electron chi connectivity index (χ2n) is 3.46. The number of aromatic amines is 1. The van der Waals surface area contributed by atoms with E-state index in [0.29, 0.717) is 5.82 Å². The maximum Gasteiger partial charge on any atom is 0.184 e. The van der Waals surface area contributed by atoms with Gasteiger partial charge in [-0.2, -0.15) is 5.10 Å². The van der Waals surface area contributed by atoms with Crippen LogP contribution in [0, 0.1) is 27.7 Å².